The van der Waals surface area contributed by atoms with Gasteiger partial charge in [0.25, 0.3) is 0 Å². The predicted molar refractivity (Wildman–Crippen MR) is 138 cm³/mol. The number of carboxylic acids is 1. The van der Waals surface area contributed by atoms with Gasteiger partial charge < -0.3 is 10.4 Å². The zero-order chi connectivity index (χ0) is 27.3. The SMILES string of the molecule is O=C(O)c1ccc(NC(=O)C2CC(=O)N(CCc3ccccc3)C(=Nc3cccc(C(F)(F)F)c3)S2)cc1. The normalized spacial score (nSPS) is 16.9. The molecule has 1 aliphatic heterocycles. The van der Waals surface area contributed by atoms with E-state index < -0.39 is 28.9 Å². The Morgan fingerprint density at radius 2 is 1.74 bits per heavy atom. The Morgan fingerprint density at radius 3 is 2.39 bits per heavy atom. The molecule has 2 N–H and O–H groups in total. The lowest BCUT2D eigenvalue weighted by Gasteiger charge is -2.32. The number of benzene rings is 3. The lowest BCUT2D eigenvalue weighted by atomic mass is 10.1. The highest BCUT2D eigenvalue weighted by Gasteiger charge is 2.36. The molecule has 2 amide bonds. The maximum Gasteiger partial charge on any atom is 0.416 e. The minimum absolute atomic E-state index is 0.00477. The van der Waals surface area contributed by atoms with Crippen LogP contribution in [0.5, 0.6) is 0 Å². The molecule has 1 fully saturated rings. The highest BCUT2D eigenvalue weighted by Crippen LogP contribution is 2.34. The zero-order valence-electron chi connectivity index (χ0n) is 19.8. The summed E-state index contributed by atoms with van der Waals surface area (Å²) in [7, 11) is 0. The van der Waals surface area contributed by atoms with Crippen molar-refractivity contribution in [1.29, 1.82) is 0 Å². The lowest BCUT2D eigenvalue weighted by Crippen LogP contribution is -2.46. The minimum atomic E-state index is -4.56. The van der Waals surface area contributed by atoms with E-state index >= 15 is 0 Å². The smallest absolute Gasteiger partial charge is 0.416 e. The first kappa shape index (κ1) is 26.9. The summed E-state index contributed by atoms with van der Waals surface area (Å²) in [6, 6.07) is 19.4. The first-order chi connectivity index (χ1) is 18.1. The maximum atomic E-state index is 13.2. The molecule has 1 saturated heterocycles. The molecule has 1 heterocycles. The second-order valence-corrected chi connectivity index (χ2v) is 9.58. The van der Waals surface area contributed by atoms with Crippen molar-refractivity contribution in [2.45, 2.75) is 24.3 Å². The summed E-state index contributed by atoms with van der Waals surface area (Å²) in [5.74, 6) is -2.00. The molecular formula is C27H22F3N3O4S. The number of aromatic carboxylic acids is 1. The number of thioether (sulfide) groups is 1. The Kier molecular flexibility index (Phi) is 8.16. The molecule has 1 aliphatic rings. The van der Waals surface area contributed by atoms with E-state index in [9.17, 15) is 27.6 Å². The first-order valence-electron chi connectivity index (χ1n) is 11.5. The molecule has 0 saturated carbocycles. The number of halogens is 3. The number of hydrogen-bond acceptors (Lipinski definition) is 5. The van der Waals surface area contributed by atoms with Crippen molar-refractivity contribution in [1.82, 2.24) is 4.90 Å². The molecule has 196 valence electrons. The van der Waals surface area contributed by atoms with Gasteiger partial charge in [0.1, 0.15) is 5.25 Å². The second-order valence-electron chi connectivity index (χ2n) is 8.41. The van der Waals surface area contributed by atoms with Crippen LogP contribution in [0.4, 0.5) is 24.5 Å². The number of nitrogens with zero attached hydrogens (tertiary/aromatic N) is 2. The van der Waals surface area contributed by atoms with Crippen LogP contribution in [0.1, 0.15) is 27.9 Å². The van der Waals surface area contributed by atoms with Gasteiger partial charge in [-0.15, -0.1) is 0 Å². The standard InChI is InChI=1S/C27H22F3N3O4S/c28-27(29,30)19-7-4-8-21(15-19)32-26-33(14-13-17-5-2-1-3-6-17)23(34)16-22(38-26)24(35)31-20-11-9-18(10-12-20)25(36)37/h1-12,15,22H,13-14,16H2,(H,31,35)(H,36,37). The Morgan fingerprint density at radius 1 is 1.03 bits per heavy atom. The third-order valence-corrected chi connectivity index (χ3v) is 6.88. The summed E-state index contributed by atoms with van der Waals surface area (Å²) in [5, 5.41) is 10.9. The number of amidine groups is 1. The maximum absolute atomic E-state index is 13.2. The van der Waals surface area contributed by atoms with Crippen molar-refractivity contribution < 1.29 is 32.7 Å². The van der Waals surface area contributed by atoms with Crippen LogP contribution in [-0.2, 0) is 22.2 Å². The number of alkyl halides is 3. The van der Waals surface area contributed by atoms with Gasteiger partial charge in [-0.05, 0) is 54.4 Å². The highest BCUT2D eigenvalue weighted by atomic mass is 32.2. The molecule has 0 bridgehead atoms. The fourth-order valence-corrected chi connectivity index (χ4v) is 4.85. The molecule has 0 radical (unpaired) electrons. The van der Waals surface area contributed by atoms with Crippen LogP contribution in [0.15, 0.2) is 83.9 Å². The Bertz CT molecular complexity index is 1360. The van der Waals surface area contributed by atoms with Crippen LogP contribution >= 0.6 is 11.8 Å². The van der Waals surface area contributed by atoms with E-state index in [2.05, 4.69) is 10.3 Å². The molecule has 4 rings (SSSR count). The Balaban J connectivity index is 1.58. The number of hydrogen-bond donors (Lipinski definition) is 2. The number of nitrogens with one attached hydrogen (secondary N) is 1. The number of carbonyl (C=O) groups is 3. The quantitative estimate of drug-likeness (QED) is 0.405. The van der Waals surface area contributed by atoms with Crippen LogP contribution < -0.4 is 5.32 Å². The van der Waals surface area contributed by atoms with E-state index in [0.717, 1.165) is 29.5 Å². The molecule has 3 aromatic rings. The van der Waals surface area contributed by atoms with Gasteiger partial charge >= 0.3 is 12.1 Å². The molecule has 1 atom stereocenters. The number of anilines is 1. The third kappa shape index (κ3) is 6.80. The van der Waals surface area contributed by atoms with Crippen molar-refractivity contribution >= 4 is 46.1 Å². The monoisotopic (exact) mass is 541 g/mol. The van der Waals surface area contributed by atoms with Gasteiger partial charge in [-0.25, -0.2) is 9.79 Å². The van der Waals surface area contributed by atoms with E-state index in [-0.39, 0.29) is 35.3 Å². The molecular weight excluding hydrogens is 519 g/mol. The average Bonchev–Trinajstić information content (AvgIpc) is 2.88. The topological polar surface area (TPSA) is 99.1 Å². The summed E-state index contributed by atoms with van der Waals surface area (Å²) in [5.41, 5.74) is 0.491. The average molecular weight is 542 g/mol. The largest absolute Gasteiger partial charge is 0.478 e. The fourth-order valence-electron chi connectivity index (χ4n) is 3.73. The molecule has 0 spiro atoms. The van der Waals surface area contributed by atoms with Crippen LogP contribution in [0.25, 0.3) is 0 Å². The van der Waals surface area contributed by atoms with E-state index in [4.69, 9.17) is 5.11 Å². The summed E-state index contributed by atoms with van der Waals surface area (Å²) in [6.45, 7) is 0.235. The van der Waals surface area contributed by atoms with Crippen LogP contribution in [0, 0.1) is 0 Å². The molecule has 38 heavy (non-hydrogen) atoms. The first-order valence-corrected chi connectivity index (χ1v) is 12.4. The molecule has 1 unspecified atom stereocenters. The lowest BCUT2D eigenvalue weighted by molar-refractivity contribution is -0.137. The molecule has 0 aliphatic carbocycles. The van der Waals surface area contributed by atoms with E-state index in [1.807, 2.05) is 30.3 Å². The van der Waals surface area contributed by atoms with Gasteiger partial charge in [0.2, 0.25) is 11.8 Å². The van der Waals surface area contributed by atoms with E-state index in [0.29, 0.717) is 12.1 Å². The minimum Gasteiger partial charge on any atom is -0.478 e. The van der Waals surface area contributed by atoms with E-state index in [1.54, 1.807) is 0 Å². The second kappa shape index (κ2) is 11.5. The molecule has 3 aromatic carbocycles. The zero-order valence-corrected chi connectivity index (χ0v) is 20.6. The van der Waals surface area contributed by atoms with Crippen LogP contribution in [0.3, 0.4) is 0 Å². The number of aliphatic imine (C=N–C) groups is 1. The Hall–Kier alpha value is -4.12. The van der Waals surface area contributed by atoms with Gasteiger partial charge in [0.05, 0.1) is 16.8 Å². The van der Waals surface area contributed by atoms with Crippen LogP contribution in [0.2, 0.25) is 0 Å². The van der Waals surface area contributed by atoms with Crippen molar-refractivity contribution in [3.05, 3.63) is 95.6 Å². The number of rotatable bonds is 7. The summed E-state index contributed by atoms with van der Waals surface area (Å²) >= 11 is 0.990. The van der Waals surface area contributed by atoms with Gasteiger partial charge in [-0.3, -0.25) is 14.5 Å². The number of carbonyl (C=O) groups excluding carboxylic acids is 2. The van der Waals surface area contributed by atoms with Crippen molar-refractivity contribution in [3.8, 4) is 0 Å². The molecule has 0 aromatic heterocycles. The Labute approximate surface area is 220 Å². The van der Waals surface area contributed by atoms with E-state index in [1.165, 1.54) is 41.3 Å². The third-order valence-electron chi connectivity index (χ3n) is 5.70. The summed E-state index contributed by atoms with van der Waals surface area (Å²) in [6.07, 6.45) is -4.21. The van der Waals surface area contributed by atoms with Gasteiger partial charge in [0.15, 0.2) is 5.17 Å². The summed E-state index contributed by atoms with van der Waals surface area (Å²) in [4.78, 5) is 42.9. The van der Waals surface area contributed by atoms with Crippen molar-refractivity contribution in [2.24, 2.45) is 4.99 Å². The van der Waals surface area contributed by atoms with Gasteiger partial charge in [-0.1, -0.05) is 48.2 Å². The van der Waals surface area contributed by atoms with Crippen molar-refractivity contribution in [3.63, 3.8) is 0 Å². The fraction of sp³-hybridized carbons (Fsp3) is 0.185. The summed E-state index contributed by atoms with van der Waals surface area (Å²) < 4.78 is 39.7. The predicted octanol–water partition coefficient (Wildman–Crippen LogP) is 5.61. The number of carboxylic acid groups (broad SMARTS) is 1. The van der Waals surface area contributed by atoms with Crippen molar-refractivity contribution in [2.75, 3.05) is 11.9 Å². The molecule has 11 heteroatoms. The van der Waals surface area contributed by atoms with Gasteiger partial charge in [0, 0.05) is 18.7 Å². The number of amides is 2. The van der Waals surface area contributed by atoms with Crippen LogP contribution in [-0.4, -0.2) is 44.8 Å². The molecule has 7 nitrogen and oxygen atoms in total. The van der Waals surface area contributed by atoms with Gasteiger partial charge in [-0.2, -0.15) is 13.2 Å². The highest BCUT2D eigenvalue weighted by molar-refractivity contribution is 8.15.